The second-order valence-corrected chi connectivity index (χ2v) is 5.74. The van der Waals surface area contributed by atoms with E-state index in [0.29, 0.717) is 10.8 Å². The van der Waals surface area contributed by atoms with Gasteiger partial charge in [-0.1, -0.05) is 29.3 Å². The van der Waals surface area contributed by atoms with Crippen LogP contribution < -0.4 is 10.1 Å². The van der Waals surface area contributed by atoms with Crippen LogP contribution in [-0.2, 0) is 11.0 Å². The van der Waals surface area contributed by atoms with E-state index in [-0.39, 0.29) is 10.7 Å². The van der Waals surface area contributed by atoms with Gasteiger partial charge in [0, 0.05) is 5.02 Å². The Hall–Kier alpha value is -1.92. The number of halogens is 5. The summed E-state index contributed by atoms with van der Waals surface area (Å²) in [5, 5.41) is 2.75. The fourth-order valence-corrected chi connectivity index (χ4v) is 2.17. The number of carbonyl (C=O) groups excluding carboxylic acids is 1. The van der Waals surface area contributed by atoms with Crippen molar-refractivity contribution in [3.8, 4) is 5.75 Å². The molecule has 1 unspecified atom stereocenters. The third-order valence-electron chi connectivity index (χ3n) is 3.03. The third-order valence-corrected chi connectivity index (χ3v) is 3.59. The molecule has 0 aliphatic rings. The van der Waals surface area contributed by atoms with E-state index in [2.05, 4.69) is 5.32 Å². The lowest BCUT2D eigenvalue weighted by Gasteiger charge is -2.16. The second-order valence-electron chi connectivity index (χ2n) is 4.90. The average Bonchev–Trinajstić information content (AvgIpc) is 2.48. The molecule has 2 aromatic carbocycles. The van der Waals surface area contributed by atoms with Gasteiger partial charge in [0.15, 0.2) is 6.10 Å². The van der Waals surface area contributed by atoms with Gasteiger partial charge in [-0.2, -0.15) is 13.2 Å². The first kappa shape index (κ1) is 18.4. The zero-order valence-electron chi connectivity index (χ0n) is 12.3. The molecule has 0 bridgehead atoms. The highest BCUT2D eigenvalue weighted by molar-refractivity contribution is 6.33. The van der Waals surface area contributed by atoms with Crippen molar-refractivity contribution in [3.63, 3.8) is 0 Å². The Balaban J connectivity index is 2.11. The van der Waals surface area contributed by atoms with Gasteiger partial charge in [-0.3, -0.25) is 4.79 Å². The van der Waals surface area contributed by atoms with Crippen LogP contribution in [0.5, 0.6) is 5.75 Å². The molecule has 0 aliphatic heterocycles. The summed E-state index contributed by atoms with van der Waals surface area (Å²) in [5.74, 6) is -0.281. The van der Waals surface area contributed by atoms with Crippen LogP contribution in [0.25, 0.3) is 0 Å². The summed E-state index contributed by atoms with van der Waals surface area (Å²) in [7, 11) is 0. The van der Waals surface area contributed by atoms with E-state index >= 15 is 0 Å². The van der Waals surface area contributed by atoms with E-state index in [0.717, 1.165) is 18.2 Å². The molecule has 1 amide bonds. The standard InChI is InChI=1S/C16H12Cl2F3NO2/c1-9(24-12-4-2-3-11(17)8-12)15(23)22-14-7-10(16(19,20)21)5-6-13(14)18/h2-9H,1H3,(H,22,23). The summed E-state index contributed by atoms with van der Waals surface area (Å²) in [4.78, 5) is 12.1. The average molecular weight is 378 g/mol. The molecule has 0 saturated carbocycles. The largest absolute Gasteiger partial charge is 0.481 e. The number of ether oxygens (including phenoxy) is 1. The highest BCUT2D eigenvalue weighted by Crippen LogP contribution is 2.33. The predicted molar refractivity (Wildman–Crippen MR) is 86.6 cm³/mol. The molecule has 0 spiro atoms. The summed E-state index contributed by atoms with van der Waals surface area (Å²) in [6, 6.07) is 9.09. The zero-order valence-corrected chi connectivity index (χ0v) is 13.8. The number of carbonyl (C=O) groups is 1. The van der Waals surface area contributed by atoms with Crippen molar-refractivity contribution in [3.05, 3.63) is 58.1 Å². The first-order valence-corrected chi connectivity index (χ1v) is 7.52. The summed E-state index contributed by atoms with van der Waals surface area (Å²) in [6.45, 7) is 1.46. The third kappa shape index (κ3) is 4.79. The Labute approximate surface area is 146 Å². The Morgan fingerprint density at radius 1 is 1.17 bits per heavy atom. The first-order valence-electron chi connectivity index (χ1n) is 6.76. The predicted octanol–water partition coefficient (Wildman–Crippen LogP) is 5.42. The Morgan fingerprint density at radius 2 is 1.88 bits per heavy atom. The van der Waals surface area contributed by atoms with E-state index in [1.54, 1.807) is 18.2 Å². The molecule has 1 atom stereocenters. The minimum Gasteiger partial charge on any atom is -0.481 e. The number of hydrogen-bond donors (Lipinski definition) is 1. The van der Waals surface area contributed by atoms with Crippen LogP contribution in [0.1, 0.15) is 12.5 Å². The maximum atomic E-state index is 12.7. The maximum absolute atomic E-state index is 12.7. The molecule has 8 heteroatoms. The van der Waals surface area contributed by atoms with Gasteiger partial charge in [-0.05, 0) is 43.3 Å². The fourth-order valence-electron chi connectivity index (χ4n) is 1.83. The molecular weight excluding hydrogens is 366 g/mol. The normalized spacial score (nSPS) is 12.6. The molecule has 128 valence electrons. The van der Waals surface area contributed by atoms with Crippen molar-refractivity contribution in [1.82, 2.24) is 0 Å². The SMILES string of the molecule is CC(Oc1cccc(Cl)c1)C(=O)Nc1cc(C(F)(F)F)ccc1Cl. The minimum absolute atomic E-state index is 0.00805. The molecule has 2 aromatic rings. The van der Waals surface area contributed by atoms with Crippen molar-refractivity contribution in [2.45, 2.75) is 19.2 Å². The number of benzene rings is 2. The molecule has 24 heavy (non-hydrogen) atoms. The smallest absolute Gasteiger partial charge is 0.416 e. The maximum Gasteiger partial charge on any atom is 0.416 e. The van der Waals surface area contributed by atoms with Crippen molar-refractivity contribution in [2.24, 2.45) is 0 Å². The number of anilines is 1. The van der Waals surface area contributed by atoms with Crippen molar-refractivity contribution in [2.75, 3.05) is 5.32 Å². The van der Waals surface area contributed by atoms with Gasteiger partial charge in [0.1, 0.15) is 5.75 Å². The molecule has 0 radical (unpaired) electrons. The van der Waals surface area contributed by atoms with E-state index in [9.17, 15) is 18.0 Å². The molecule has 3 nitrogen and oxygen atoms in total. The van der Waals surface area contributed by atoms with E-state index in [1.807, 2.05) is 0 Å². The van der Waals surface area contributed by atoms with Crippen LogP contribution >= 0.6 is 23.2 Å². The highest BCUT2D eigenvalue weighted by atomic mass is 35.5. The van der Waals surface area contributed by atoms with Crippen LogP contribution in [0.3, 0.4) is 0 Å². The van der Waals surface area contributed by atoms with Gasteiger partial charge in [-0.15, -0.1) is 0 Å². The molecule has 0 heterocycles. The summed E-state index contributed by atoms with van der Waals surface area (Å²) >= 11 is 11.6. The fraction of sp³-hybridized carbons (Fsp3) is 0.188. The van der Waals surface area contributed by atoms with Gasteiger partial charge in [0.25, 0.3) is 5.91 Å². The summed E-state index contributed by atoms with van der Waals surface area (Å²) in [5.41, 5.74) is -1.05. The lowest BCUT2D eigenvalue weighted by atomic mass is 10.2. The Morgan fingerprint density at radius 3 is 2.50 bits per heavy atom. The molecular formula is C16H12Cl2F3NO2. The van der Waals surface area contributed by atoms with Crippen LogP contribution in [0, 0.1) is 0 Å². The van der Waals surface area contributed by atoms with Crippen molar-refractivity contribution in [1.29, 1.82) is 0 Å². The first-order chi connectivity index (χ1) is 11.2. The Bertz CT molecular complexity index is 750. The lowest BCUT2D eigenvalue weighted by molar-refractivity contribution is -0.137. The molecule has 0 aliphatic carbocycles. The number of alkyl halides is 3. The van der Waals surface area contributed by atoms with Gasteiger partial charge in [-0.25, -0.2) is 0 Å². The molecule has 0 aromatic heterocycles. The van der Waals surface area contributed by atoms with Gasteiger partial charge < -0.3 is 10.1 Å². The van der Waals surface area contributed by atoms with Crippen LogP contribution in [0.4, 0.5) is 18.9 Å². The zero-order chi connectivity index (χ0) is 17.9. The van der Waals surface area contributed by atoms with E-state index < -0.39 is 23.8 Å². The number of hydrogen-bond acceptors (Lipinski definition) is 2. The minimum atomic E-state index is -4.53. The van der Waals surface area contributed by atoms with E-state index in [1.165, 1.54) is 13.0 Å². The topological polar surface area (TPSA) is 38.3 Å². The van der Waals surface area contributed by atoms with Crippen molar-refractivity contribution < 1.29 is 22.7 Å². The molecule has 0 fully saturated rings. The van der Waals surface area contributed by atoms with Crippen molar-refractivity contribution >= 4 is 34.8 Å². The second kappa shape index (κ2) is 7.32. The van der Waals surface area contributed by atoms with Crippen LogP contribution in [0.2, 0.25) is 10.0 Å². The number of amides is 1. The van der Waals surface area contributed by atoms with Gasteiger partial charge in [0.2, 0.25) is 0 Å². The van der Waals surface area contributed by atoms with Gasteiger partial charge in [0.05, 0.1) is 16.3 Å². The number of nitrogens with one attached hydrogen (secondary N) is 1. The lowest BCUT2D eigenvalue weighted by Crippen LogP contribution is -2.30. The Kier molecular flexibility index (Phi) is 5.62. The number of rotatable bonds is 4. The monoisotopic (exact) mass is 377 g/mol. The summed E-state index contributed by atoms with van der Waals surface area (Å²) < 4.78 is 43.6. The van der Waals surface area contributed by atoms with Crippen LogP contribution in [0.15, 0.2) is 42.5 Å². The molecule has 2 rings (SSSR count). The van der Waals surface area contributed by atoms with Gasteiger partial charge >= 0.3 is 6.18 Å². The highest BCUT2D eigenvalue weighted by Gasteiger charge is 2.31. The summed E-state index contributed by atoms with van der Waals surface area (Å²) in [6.07, 6.45) is -5.50. The molecule has 0 saturated heterocycles. The van der Waals surface area contributed by atoms with Crippen LogP contribution in [-0.4, -0.2) is 12.0 Å². The van der Waals surface area contributed by atoms with E-state index in [4.69, 9.17) is 27.9 Å². The molecule has 1 N–H and O–H groups in total. The quantitative estimate of drug-likeness (QED) is 0.772.